The van der Waals surface area contributed by atoms with Crippen LogP contribution in [0.25, 0.3) is 0 Å². The quantitative estimate of drug-likeness (QED) is 0.787. The van der Waals surface area contributed by atoms with Crippen LogP contribution in [0.3, 0.4) is 0 Å². The number of nitrogens with one attached hydrogen (secondary N) is 1. The minimum absolute atomic E-state index is 0.0485. The summed E-state index contributed by atoms with van der Waals surface area (Å²) in [7, 11) is 0. The predicted molar refractivity (Wildman–Crippen MR) is 98.2 cm³/mol. The van der Waals surface area contributed by atoms with E-state index in [0.29, 0.717) is 0 Å². The van der Waals surface area contributed by atoms with Crippen molar-refractivity contribution in [3.63, 3.8) is 0 Å². The monoisotopic (exact) mass is 376 g/mol. The van der Waals surface area contributed by atoms with Crippen molar-refractivity contribution < 1.29 is 14.0 Å². The Morgan fingerprint density at radius 3 is 2.62 bits per heavy atom. The maximum Gasteiger partial charge on any atom is 0.276 e. The summed E-state index contributed by atoms with van der Waals surface area (Å²) < 4.78 is 18.2. The van der Waals surface area contributed by atoms with Gasteiger partial charge < -0.3 is 10.2 Å². The Labute approximate surface area is 155 Å². The van der Waals surface area contributed by atoms with Gasteiger partial charge in [-0.3, -0.25) is 9.59 Å². The van der Waals surface area contributed by atoms with Crippen molar-refractivity contribution in [1.82, 2.24) is 19.8 Å². The molecule has 2 aromatic rings. The van der Waals surface area contributed by atoms with Gasteiger partial charge in [0.1, 0.15) is 11.9 Å². The lowest BCUT2D eigenvalue weighted by Crippen LogP contribution is -2.49. The lowest BCUT2D eigenvalue weighted by Gasteiger charge is -2.32. The zero-order valence-electron chi connectivity index (χ0n) is 14.9. The highest BCUT2D eigenvalue weighted by Crippen LogP contribution is 2.26. The molecular weight excluding hydrogens is 355 g/mol. The second-order valence-electron chi connectivity index (χ2n) is 6.70. The van der Waals surface area contributed by atoms with Crippen LogP contribution < -0.4 is 5.32 Å². The van der Waals surface area contributed by atoms with Gasteiger partial charge in [-0.05, 0) is 38.4 Å². The number of hydrogen-bond donors (Lipinski definition) is 1. The van der Waals surface area contributed by atoms with Crippen LogP contribution >= 0.6 is 11.5 Å². The third kappa shape index (κ3) is 4.72. The third-order valence-electron chi connectivity index (χ3n) is 3.42. The van der Waals surface area contributed by atoms with E-state index >= 15 is 0 Å². The fourth-order valence-corrected chi connectivity index (χ4v) is 2.87. The van der Waals surface area contributed by atoms with Gasteiger partial charge in [0.25, 0.3) is 5.91 Å². The number of aromatic nitrogens is 2. The Bertz CT molecular complexity index is 787. The molecule has 1 atom stereocenters. The molecule has 0 bridgehead atoms. The summed E-state index contributed by atoms with van der Waals surface area (Å²) in [5, 5.41) is 8.07. The van der Waals surface area contributed by atoms with E-state index in [1.54, 1.807) is 6.07 Å². The van der Waals surface area contributed by atoms with Gasteiger partial charge >= 0.3 is 0 Å². The van der Waals surface area contributed by atoms with E-state index in [9.17, 15) is 14.0 Å². The summed E-state index contributed by atoms with van der Waals surface area (Å²) >= 11 is 1.02. The summed E-state index contributed by atoms with van der Waals surface area (Å²) in [6, 6.07) is 4.74. The van der Waals surface area contributed by atoms with E-state index in [-0.39, 0.29) is 17.8 Å². The molecular formula is C18H21FN4O2S. The summed E-state index contributed by atoms with van der Waals surface area (Å²) in [5.74, 6) is -1.57. The number of hydrogen-bond acceptors (Lipinski definition) is 5. The van der Waals surface area contributed by atoms with Crippen molar-refractivity contribution in [2.75, 3.05) is 6.54 Å². The fraction of sp³-hybridized carbons (Fsp3) is 0.333. The van der Waals surface area contributed by atoms with Gasteiger partial charge in [-0.15, -0.1) is 11.7 Å². The molecule has 0 saturated carbocycles. The van der Waals surface area contributed by atoms with Crippen molar-refractivity contribution in [2.24, 2.45) is 0 Å². The van der Waals surface area contributed by atoms with Crippen LogP contribution in [0.5, 0.6) is 0 Å². The number of carbonyl (C=O) groups excluding carboxylic acids is 2. The zero-order chi connectivity index (χ0) is 19.3. The van der Waals surface area contributed by atoms with Crippen LogP contribution in [0, 0.1) is 5.82 Å². The molecule has 0 unspecified atom stereocenters. The van der Waals surface area contributed by atoms with Gasteiger partial charge in [0, 0.05) is 23.0 Å². The molecule has 1 heterocycles. The predicted octanol–water partition coefficient (Wildman–Crippen LogP) is 2.96. The molecule has 0 aliphatic heterocycles. The molecule has 1 aromatic heterocycles. The summed E-state index contributed by atoms with van der Waals surface area (Å²) in [6.45, 7) is 9.13. The third-order valence-corrected chi connectivity index (χ3v) is 3.93. The first kappa shape index (κ1) is 19.7. The molecule has 0 saturated heterocycles. The molecule has 26 heavy (non-hydrogen) atoms. The highest BCUT2D eigenvalue weighted by molar-refractivity contribution is 7.03. The topological polar surface area (TPSA) is 75.2 Å². The average molecular weight is 376 g/mol. The van der Waals surface area contributed by atoms with Gasteiger partial charge in [0.2, 0.25) is 5.91 Å². The minimum Gasteiger partial charge on any atom is -0.349 e. The number of carbonyl (C=O) groups is 2. The first-order valence-electron chi connectivity index (χ1n) is 8.00. The van der Waals surface area contributed by atoms with Crippen molar-refractivity contribution in [3.8, 4) is 0 Å². The van der Waals surface area contributed by atoms with Crippen molar-refractivity contribution in [1.29, 1.82) is 0 Å². The van der Waals surface area contributed by atoms with E-state index in [4.69, 9.17) is 0 Å². The molecule has 0 fully saturated rings. The van der Waals surface area contributed by atoms with Crippen molar-refractivity contribution in [2.45, 2.75) is 32.4 Å². The maximum atomic E-state index is 14.5. The van der Waals surface area contributed by atoms with Crippen molar-refractivity contribution in [3.05, 3.63) is 59.4 Å². The molecule has 0 radical (unpaired) electrons. The van der Waals surface area contributed by atoms with E-state index in [2.05, 4.69) is 21.5 Å². The summed E-state index contributed by atoms with van der Waals surface area (Å²) in [4.78, 5) is 27.1. The summed E-state index contributed by atoms with van der Waals surface area (Å²) in [6.07, 6.45) is 1.48. The second kappa shape index (κ2) is 8.18. The Hall–Kier alpha value is -2.61. The van der Waals surface area contributed by atoms with E-state index in [0.717, 1.165) is 11.5 Å². The standard InChI is InChI=1S/C18H21FN4O2S/c1-5-10-23(17(25)14-11-26-22-21-14)15(16(24)20-18(2,3)4)12-8-6-7-9-13(12)19/h5-9,11,15H,1,10H2,2-4H3,(H,20,24)/t15-/m1/s1. The number of benzene rings is 1. The van der Waals surface area contributed by atoms with E-state index < -0.39 is 29.2 Å². The van der Waals surface area contributed by atoms with Gasteiger partial charge in [-0.1, -0.05) is 28.8 Å². The molecule has 138 valence electrons. The second-order valence-corrected chi connectivity index (χ2v) is 7.31. The average Bonchev–Trinajstić information content (AvgIpc) is 3.08. The van der Waals surface area contributed by atoms with Gasteiger partial charge in [-0.2, -0.15) is 0 Å². The molecule has 2 rings (SSSR count). The Balaban J connectivity index is 2.52. The highest BCUT2D eigenvalue weighted by Gasteiger charge is 2.35. The van der Waals surface area contributed by atoms with Crippen molar-refractivity contribution >= 4 is 23.3 Å². The van der Waals surface area contributed by atoms with Gasteiger partial charge in [-0.25, -0.2) is 4.39 Å². The SMILES string of the molecule is C=CCN(C(=O)c1csnn1)[C@@H](C(=O)NC(C)(C)C)c1ccccc1F. The Kier molecular flexibility index (Phi) is 6.20. The number of nitrogens with zero attached hydrogens (tertiary/aromatic N) is 3. The summed E-state index contributed by atoms with van der Waals surface area (Å²) in [5.41, 5.74) is -0.347. The minimum atomic E-state index is -1.16. The Morgan fingerprint density at radius 2 is 2.08 bits per heavy atom. The largest absolute Gasteiger partial charge is 0.349 e. The normalized spacial score (nSPS) is 12.3. The Morgan fingerprint density at radius 1 is 1.38 bits per heavy atom. The highest BCUT2D eigenvalue weighted by atomic mass is 32.1. The van der Waals surface area contributed by atoms with Crippen LogP contribution in [-0.4, -0.2) is 38.4 Å². The first-order chi connectivity index (χ1) is 12.2. The molecule has 1 aromatic carbocycles. The lowest BCUT2D eigenvalue weighted by molar-refractivity contribution is -0.127. The lowest BCUT2D eigenvalue weighted by atomic mass is 10.0. The van der Waals surface area contributed by atoms with Crippen LogP contribution in [0.2, 0.25) is 0 Å². The molecule has 0 aliphatic rings. The number of halogens is 1. The molecule has 6 nitrogen and oxygen atoms in total. The number of rotatable bonds is 6. The van der Waals surface area contributed by atoms with Crippen LogP contribution in [0.15, 0.2) is 42.3 Å². The fourth-order valence-electron chi connectivity index (χ4n) is 2.44. The van der Waals surface area contributed by atoms with Crippen LogP contribution in [-0.2, 0) is 4.79 Å². The molecule has 8 heteroatoms. The number of amides is 2. The first-order valence-corrected chi connectivity index (χ1v) is 8.83. The van der Waals surface area contributed by atoms with Gasteiger partial charge in [0.05, 0.1) is 0 Å². The molecule has 0 aliphatic carbocycles. The molecule has 2 amide bonds. The zero-order valence-corrected chi connectivity index (χ0v) is 15.7. The molecule has 0 spiro atoms. The van der Waals surface area contributed by atoms with Crippen LogP contribution in [0.4, 0.5) is 4.39 Å². The van der Waals surface area contributed by atoms with E-state index in [1.807, 2.05) is 20.8 Å². The van der Waals surface area contributed by atoms with Gasteiger partial charge in [0.15, 0.2) is 5.69 Å². The smallest absolute Gasteiger partial charge is 0.276 e. The molecule has 1 N–H and O–H groups in total. The van der Waals surface area contributed by atoms with E-state index in [1.165, 1.54) is 34.6 Å². The van der Waals surface area contributed by atoms with Crippen LogP contribution in [0.1, 0.15) is 42.9 Å². The maximum absolute atomic E-state index is 14.5.